The lowest BCUT2D eigenvalue weighted by molar-refractivity contribution is 1.18. The molecule has 2 nitrogen and oxygen atoms in total. The third-order valence-corrected chi connectivity index (χ3v) is 7.14. The molecule has 0 aliphatic heterocycles. The highest BCUT2D eigenvalue weighted by Gasteiger charge is 2.13. The first kappa shape index (κ1) is 21.0. The summed E-state index contributed by atoms with van der Waals surface area (Å²) in [6.45, 7) is 0. The summed E-state index contributed by atoms with van der Waals surface area (Å²) in [6, 6.07) is 53.2. The average Bonchev–Trinajstić information content (AvgIpc) is 3.34. The van der Waals surface area contributed by atoms with Gasteiger partial charge in [0.2, 0.25) is 0 Å². The van der Waals surface area contributed by atoms with Crippen LogP contribution in [0.5, 0.6) is 0 Å². The number of para-hydroxylation sites is 4. The summed E-state index contributed by atoms with van der Waals surface area (Å²) in [5.74, 6) is 0. The summed E-state index contributed by atoms with van der Waals surface area (Å²) in [7, 11) is 0. The molecule has 0 saturated carbocycles. The molecule has 2 heteroatoms. The smallest absolute Gasteiger partial charge is 0.0623 e. The molecule has 38 heavy (non-hydrogen) atoms. The highest BCUT2D eigenvalue weighted by molar-refractivity contribution is 6.09. The van der Waals surface area contributed by atoms with Gasteiger partial charge in [-0.2, -0.15) is 0 Å². The van der Waals surface area contributed by atoms with Gasteiger partial charge in [-0.15, -0.1) is 0 Å². The molecule has 0 aliphatic rings. The Hall–Kier alpha value is -5.08. The van der Waals surface area contributed by atoms with Crippen molar-refractivity contribution in [2.75, 3.05) is 4.90 Å². The molecule has 6 aromatic carbocycles. The number of hydrogen-bond donors (Lipinski definition) is 0. The first-order valence-corrected chi connectivity index (χ1v) is 12.9. The molecule has 0 spiro atoms. The van der Waals surface area contributed by atoms with E-state index in [0.717, 1.165) is 22.7 Å². The predicted molar refractivity (Wildman–Crippen MR) is 161 cm³/mol. The maximum Gasteiger partial charge on any atom is 0.0623 e. The van der Waals surface area contributed by atoms with Crippen LogP contribution in [-0.4, -0.2) is 4.57 Å². The molecule has 0 fully saturated rings. The predicted octanol–water partition coefficient (Wildman–Crippen LogP) is 9.92. The van der Waals surface area contributed by atoms with Gasteiger partial charge in [0.25, 0.3) is 0 Å². The standard InChI is InChI=1S/C36H26N2/c1-3-11-29(12-4-1)37(30-13-5-2-6-14-30)31-23-19-27(20-24-31)28-21-25-32(26-22-28)38-35-17-9-7-15-33(35)34-16-8-10-18-36(34)38/h1-26H/i1T. The SMILES string of the molecule is [3H]c1ccc(N(c2ccccc2)c2ccc(-c3ccc(-n4c5ccccc5c5ccccc54)cc3)cc2)cc1. The van der Waals surface area contributed by atoms with Crippen molar-refractivity contribution in [2.45, 2.75) is 0 Å². The average molecular weight is 489 g/mol. The quantitative estimate of drug-likeness (QED) is 0.234. The summed E-state index contributed by atoms with van der Waals surface area (Å²) in [5.41, 5.74) is 9.12. The summed E-state index contributed by atoms with van der Waals surface area (Å²) in [6.07, 6.45) is 0. The van der Waals surface area contributed by atoms with Crippen molar-refractivity contribution in [1.29, 1.82) is 0 Å². The van der Waals surface area contributed by atoms with E-state index in [0.29, 0.717) is 6.04 Å². The molecule has 0 unspecified atom stereocenters. The number of benzene rings is 6. The minimum atomic E-state index is 0.506. The second-order valence-corrected chi connectivity index (χ2v) is 9.39. The minimum Gasteiger partial charge on any atom is -0.311 e. The Balaban J connectivity index is 1.24. The van der Waals surface area contributed by atoms with Gasteiger partial charge in [0.15, 0.2) is 0 Å². The molecule has 0 N–H and O–H groups in total. The summed E-state index contributed by atoms with van der Waals surface area (Å²) in [4.78, 5) is 2.22. The molecule has 0 atom stereocenters. The summed E-state index contributed by atoms with van der Waals surface area (Å²) < 4.78 is 10.2. The Labute approximate surface area is 224 Å². The van der Waals surface area contributed by atoms with E-state index in [-0.39, 0.29) is 0 Å². The van der Waals surface area contributed by atoms with Crippen LogP contribution < -0.4 is 4.90 Å². The molecule has 0 saturated heterocycles. The van der Waals surface area contributed by atoms with Crippen molar-refractivity contribution < 1.29 is 1.37 Å². The summed E-state index contributed by atoms with van der Waals surface area (Å²) in [5, 5.41) is 2.54. The Morgan fingerprint density at radius 3 is 1.45 bits per heavy atom. The lowest BCUT2D eigenvalue weighted by atomic mass is 10.0. The van der Waals surface area contributed by atoms with E-state index >= 15 is 0 Å². The monoisotopic (exact) mass is 488 g/mol. The van der Waals surface area contributed by atoms with Gasteiger partial charge in [-0.1, -0.05) is 97.0 Å². The lowest BCUT2D eigenvalue weighted by Gasteiger charge is -2.25. The molecule has 1 aromatic heterocycles. The fraction of sp³-hybridized carbons (Fsp3) is 0. The van der Waals surface area contributed by atoms with Crippen molar-refractivity contribution in [2.24, 2.45) is 0 Å². The zero-order valence-electron chi connectivity index (χ0n) is 21.8. The molecule has 0 bridgehead atoms. The Bertz CT molecular complexity index is 1830. The topological polar surface area (TPSA) is 8.17 Å². The highest BCUT2D eigenvalue weighted by Crippen LogP contribution is 2.36. The first-order chi connectivity index (χ1) is 19.3. The number of fused-ring (bicyclic) bond motifs is 3. The van der Waals surface area contributed by atoms with Gasteiger partial charge >= 0.3 is 0 Å². The number of hydrogen-bond acceptors (Lipinski definition) is 1. The van der Waals surface area contributed by atoms with Crippen molar-refractivity contribution >= 4 is 38.9 Å². The van der Waals surface area contributed by atoms with Crippen LogP contribution in [0.15, 0.2) is 158 Å². The van der Waals surface area contributed by atoms with Crippen molar-refractivity contribution in [3.63, 3.8) is 0 Å². The van der Waals surface area contributed by atoms with E-state index in [4.69, 9.17) is 1.37 Å². The van der Waals surface area contributed by atoms with Gasteiger partial charge in [0.1, 0.15) is 0 Å². The Morgan fingerprint density at radius 1 is 0.421 bits per heavy atom. The van der Waals surface area contributed by atoms with Crippen LogP contribution in [-0.2, 0) is 0 Å². The largest absolute Gasteiger partial charge is 0.311 e. The molecule has 0 radical (unpaired) electrons. The van der Waals surface area contributed by atoms with E-state index in [2.05, 4.69) is 119 Å². The van der Waals surface area contributed by atoms with Crippen LogP contribution in [0.3, 0.4) is 0 Å². The van der Waals surface area contributed by atoms with Crippen molar-refractivity contribution in [1.82, 2.24) is 4.57 Å². The molecule has 1 heterocycles. The van der Waals surface area contributed by atoms with Gasteiger partial charge in [-0.05, 0) is 71.8 Å². The van der Waals surface area contributed by atoms with Crippen LogP contribution in [0.2, 0.25) is 0 Å². The first-order valence-electron chi connectivity index (χ1n) is 13.4. The molecular weight excluding hydrogens is 460 g/mol. The number of nitrogens with zero attached hydrogens (tertiary/aromatic N) is 2. The fourth-order valence-electron chi connectivity index (χ4n) is 5.36. The molecule has 180 valence electrons. The number of aromatic nitrogens is 1. The van der Waals surface area contributed by atoms with Crippen LogP contribution >= 0.6 is 0 Å². The zero-order chi connectivity index (χ0) is 26.2. The summed E-state index contributed by atoms with van der Waals surface area (Å²) >= 11 is 0. The third kappa shape index (κ3) is 3.84. The van der Waals surface area contributed by atoms with Gasteiger partial charge < -0.3 is 9.47 Å². The van der Waals surface area contributed by atoms with Crippen molar-refractivity contribution in [3.8, 4) is 16.8 Å². The molecule has 0 amide bonds. The maximum atomic E-state index is 7.89. The van der Waals surface area contributed by atoms with Crippen molar-refractivity contribution in [3.05, 3.63) is 158 Å². The Morgan fingerprint density at radius 2 is 0.868 bits per heavy atom. The van der Waals surface area contributed by atoms with E-state index in [1.54, 1.807) is 0 Å². The van der Waals surface area contributed by atoms with Gasteiger partial charge in [0, 0.05) is 33.5 Å². The molecule has 0 aliphatic carbocycles. The molecule has 7 aromatic rings. The normalized spacial score (nSPS) is 11.5. The number of anilines is 3. The van der Waals surface area contributed by atoms with E-state index < -0.39 is 0 Å². The van der Waals surface area contributed by atoms with Crippen LogP contribution in [0.1, 0.15) is 1.37 Å². The van der Waals surface area contributed by atoms with Crippen LogP contribution in [0.4, 0.5) is 17.1 Å². The van der Waals surface area contributed by atoms with Gasteiger partial charge in [0.05, 0.1) is 12.4 Å². The van der Waals surface area contributed by atoms with Gasteiger partial charge in [-0.25, -0.2) is 0 Å². The van der Waals surface area contributed by atoms with Gasteiger partial charge in [-0.3, -0.25) is 0 Å². The molecule has 7 rings (SSSR count). The lowest BCUT2D eigenvalue weighted by Crippen LogP contribution is -2.09. The zero-order valence-corrected chi connectivity index (χ0v) is 20.8. The maximum absolute atomic E-state index is 7.89. The second-order valence-electron chi connectivity index (χ2n) is 9.39. The van der Waals surface area contributed by atoms with E-state index in [1.165, 1.54) is 32.9 Å². The fourth-order valence-corrected chi connectivity index (χ4v) is 5.36. The highest BCUT2D eigenvalue weighted by atomic mass is 15.1. The third-order valence-electron chi connectivity index (χ3n) is 7.14. The van der Waals surface area contributed by atoms with E-state index in [9.17, 15) is 0 Å². The minimum absolute atomic E-state index is 0.506. The second kappa shape index (κ2) is 9.42. The van der Waals surface area contributed by atoms with Crippen LogP contribution in [0, 0.1) is 0 Å². The van der Waals surface area contributed by atoms with Crippen LogP contribution in [0.25, 0.3) is 38.6 Å². The van der Waals surface area contributed by atoms with E-state index in [1.807, 2.05) is 42.5 Å². The molecular formula is C36H26N2. The Kier molecular flexibility index (Phi) is 5.22. The number of rotatable bonds is 5.